The van der Waals surface area contributed by atoms with Gasteiger partial charge in [0.25, 0.3) is 0 Å². The molecule has 0 aliphatic carbocycles. The van der Waals surface area contributed by atoms with Crippen LogP contribution in [0.25, 0.3) is 0 Å². The van der Waals surface area contributed by atoms with Gasteiger partial charge in [0.15, 0.2) is 0 Å². The highest BCUT2D eigenvalue weighted by Crippen LogP contribution is 2.19. The Balaban J connectivity index is 2.15. The fourth-order valence-corrected chi connectivity index (χ4v) is 4.56. The molecule has 8 nitrogen and oxygen atoms in total. The molecule has 0 aromatic heterocycles. The Labute approximate surface area is 136 Å². The number of hydrogen-bond donors (Lipinski definition) is 2. The Kier molecular flexibility index (Phi) is 6.12. The zero-order chi connectivity index (χ0) is 16.9. The Bertz CT molecular complexity index is 710. The molecule has 10 heteroatoms. The quantitative estimate of drug-likeness (QED) is 0.615. The van der Waals surface area contributed by atoms with E-state index in [9.17, 15) is 16.8 Å². The van der Waals surface area contributed by atoms with E-state index >= 15 is 0 Å². The third-order valence-corrected chi connectivity index (χ3v) is 6.80. The van der Waals surface area contributed by atoms with Crippen LogP contribution in [-0.2, 0) is 24.8 Å². The van der Waals surface area contributed by atoms with Gasteiger partial charge in [-0.2, -0.15) is 4.31 Å². The van der Waals surface area contributed by atoms with Gasteiger partial charge in [-0.05, 0) is 31.3 Å². The zero-order valence-corrected chi connectivity index (χ0v) is 14.5. The molecule has 1 aromatic carbocycles. The lowest BCUT2D eigenvalue weighted by Crippen LogP contribution is -2.40. The van der Waals surface area contributed by atoms with Crippen molar-refractivity contribution in [2.24, 2.45) is 0 Å². The van der Waals surface area contributed by atoms with Gasteiger partial charge in [0.05, 0.1) is 23.0 Å². The number of likely N-dealkylation sites (N-methyl/N-ethyl adjacent to an activating group) is 1. The van der Waals surface area contributed by atoms with E-state index < -0.39 is 20.0 Å². The maximum Gasteiger partial charge on any atom is 0.243 e. The molecular formula is C13H21N3O5S2. The van der Waals surface area contributed by atoms with Crippen LogP contribution in [0.2, 0.25) is 0 Å². The van der Waals surface area contributed by atoms with Crippen molar-refractivity contribution >= 4 is 20.0 Å². The second kappa shape index (κ2) is 7.69. The molecule has 0 bridgehead atoms. The number of sulfonamides is 2. The number of nitrogens with zero attached hydrogens (tertiary/aromatic N) is 1. The molecule has 0 amide bonds. The average Bonchev–Trinajstić information content (AvgIpc) is 2.56. The Morgan fingerprint density at radius 1 is 1.00 bits per heavy atom. The molecule has 0 saturated carbocycles. The number of benzene rings is 1. The van der Waals surface area contributed by atoms with E-state index in [4.69, 9.17) is 4.74 Å². The summed E-state index contributed by atoms with van der Waals surface area (Å²) in [7, 11) is -5.53. The second-order valence-electron chi connectivity index (χ2n) is 4.99. The van der Waals surface area contributed by atoms with Crippen LogP contribution < -0.4 is 10.0 Å². The summed E-state index contributed by atoms with van der Waals surface area (Å²) in [6.07, 6.45) is 0. The minimum atomic E-state index is -3.64. The van der Waals surface area contributed by atoms with Crippen LogP contribution in [0, 0.1) is 0 Å². The standard InChI is InChI=1S/C13H21N3O5S2/c1-14-6-7-15-22(17,18)12-2-4-13(5-3-12)23(19,20)16-8-10-21-11-9-16/h2-5,14-15H,6-11H2,1H3. The van der Waals surface area contributed by atoms with Gasteiger partial charge in [-0.15, -0.1) is 0 Å². The molecule has 2 rings (SSSR count). The average molecular weight is 363 g/mol. The first-order valence-corrected chi connectivity index (χ1v) is 10.1. The molecule has 23 heavy (non-hydrogen) atoms. The Morgan fingerprint density at radius 2 is 1.57 bits per heavy atom. The number of nitrogens with one attached hydrogen (secondary N) is 2. The van der Waals surface area contributed by atoms with Crippen molar-refractivity contribution in [3.63, 3.8) is 0 Å². The molecule has 0 radical (unpaired) electrons. The normalized spacial score (nSPS) is 17.3. The van der Waals surface area contributed by atoms with E-state index in [1.165, 1.54) is 28.6 Å². The SMILES string of the molecule is CNCCNS(=O)(=O)c1ccc(S(=O)(=O)N2CCOCC2)cc1. The fraction of sp³-hybridized carbons (Fsp3) is 0.538. The first kappa shape index (κ1) is 18.3. The molecule has 130 valence electrons. The van der Waals surface area contributed by atoms with Gasteiger partial charge in [-0.25, -0.2) is 21.6 Å². The van der Waals surface area contributed by atoms with Gasteiger partial charge < -0.3 is 10.1 Å². The lowest BCUT2D eigenvalue weighted by molar-refractivity contribution is 0.0730. The van der Waals surface area contributed by atoms with Crippen LogP contribution in [0.15, 0.2) is 34.1 Å². The van der Waals surface area contributed by atoms with Gasteiger partial charge in [-0.3, -0.25) is 0 Å². The van der Waals surface area contributed by atoms with Crippen LogP contribution in [0.3, 0.4) is 0 Å². The molecule has 0 spiro atoms. The summed E-state index contributed by atoms with van der Waals surface area (Å²) >= 11 is 0. The predicted octanol–water partition coefficient (Wildman–Crippen LogP) is -0.795. The van der Waals surface area contributed by atoms with E-state index in [0.29, 0.717) is 32.8 Å². The summed E-state index contributed by atoms with van der Waals surface area (Å²) < 4.78 is 57.9. The maximum absolute atomic E-state index is 12.5. The second-order valence-corrected chi connectivity index (χ2v) is 8.69. The van der Waals surface area contributed by atoms with E-state index in [2.05, 4.69) is 10.0 Å². The summed E-state index contributed by atoms with van der Waals surface area (Å²) in [5.41, 5.74) is 0. The van der Waals surface area contributed by atoms with Crippen LogP contribution in [0.5, 0.6) is 0 Å². The maximum atomic E-state index is 12.5. The molecular weight excluding hydrogens is 342 g/mol. The first-order chi connectivity index (χ1) is 10.9. The Morgan fingerprint density at radius 3 is 2.13 bits per heavy atom. The minimum absolute atomic E-state index is 0.0366. The predicted molar refractivity (Wildman–Crippen MR) is 85.1 cm³/mol. The van der Waals surface area contributed by atoms with Crippen molar-refractivity contribution in [1.29, 1.82) is 0 Å². The van der Waals surface area contributed by atoms with Gasteiger partial charge in [-0.1, -0.05) is 0 Å². The third kappa shape index (κ3) is 4.49. The lowest BCUT2D eigenvalue weighted by Gasteiger charge is -2.26. The van der Waals surface area contributed by atoms with Crippen LogP contribution in [-0.4, -0.2) is 67.6 Å². The van der Waals surface area contributed by atoms with Crippen molar-refractivity contribution in [3.05, 3.63) is 24.3 Å². The zero-order valence-electron chi connectivity index (χ0n) is 12.9. The highest BCUT2D eigenvalue weighted by Gasteiger charge is 2.26. The van der Waals surface area contributed by atoms with Crippen LogP contribution in [0.4, 0.5) is 0 Å². The number of ether oxygens (including phenoxy) is 1. The van der Waals surface area contributed by atoms with E-state index in [1.807, 2.05) is 0 Å². The van der Waals surface area contributed by atoms with Crippen molar-refractivity contribution in [1.82, 2.24) is 14.3 Å². The smallest absolute Gasteiger partial charge is 0.243 e. The highest BCUT2D eigenvalue weighted by molar-refractivity contribution is 7.89. The van der Waals surface area contributed by atoms with E-state index in [0.717, 1.165) is 0 Å². The topological polar surface area (TPSA) is 105 Å². The molecule has 1 heterocycles. The Hall–Kier alpha value is -1.04. The molecule has 1 aliphatic rings. The summed E-state index contributed by atoms with van der Waals surface area (Å²) in [5.74, 6) is 0. The largest absolute Gasteiger partial charge is 0.379 e. The molecule has 1 aliphatic heterocycles. The summed E-state index contributed by atoms with van der Waals surface area (Å²) in [6.45, 7) is 2.08. The fourth-order valence-electron chi connectivity index (χ4n) is 2.12. The summed E-state index contributed by atoms with van der Waals surface area (Å²) in [4.78, 5) is 0.114. The monoisotopic (exact) mass is 363 g/mol. The number of morpholine rings is 1. The lowest BCUT2D eigenvalue weighted by atomic mass is 10.4. The molecule has 1 fully saturated rings. The van der Waals surface area contributed by atoms with Gasteiger partial charge >= 0.3 is 0 Å². The van der Waals surface area contributed by atoms with Crippen LogP contribution in [0.1, 0.15) is 0 Å². The third-order valence-electron chi connectivity index (χ3n) is 3.41. The molecule has 1 aromatic rings. The highest BCUT2D eigenvalue weighted by atomic mass is 32.2. The van der Waals surface area contributed by atoms with Crippen LogP contribution >= 0.6 is 0 Å². The molecule has 0 atom stereocenters. The molecule has 0 unspecified atom stereocenters. The molecule has 2 N–H and O–H groups in total. The van der Waals surface area contributed by atoms with E-state index in [1.54, 1.807) is 7.05 Å². The first-order valence-electron chi connectivity index (χ1n) is 7.20. The van der Waals surface area contributed by atoms with Gasteiger partial charge in [0, 0.05) is 26.2 Å². The van der Waals surface area contributed by atoms with Gasteiger partial charge in [0.1, 0.15) is 0 Å². The summed E-state index contributed by atoms with van der Waals surface area (Å²) in [6, 6.07) is 5.24. The molecule has 1 saturated heterocycles. The summed E-state index contributed by atoms with van der Waals surface area (Å²) in [5, 5.41) is 2.84. The van der Waals surface area contributed by atoms with Crippen molar-refractivity contribution < 1.29 is 21.6 Å². The number of hydrogen-bond acceptors (Lipinski definition) is 6. The van der Waals surface area contributed by atoms with Crippen molar-refractivity contribution in [3.8, 4) is 0 Å². The van der Waals surface area contributed by atoms with E-state index in [-0.39, 0.29) is 16.3 Å². The van der Waals surface area contributed by atoms with Crippen molar-refractivity contribution in [2.75, 3.05) is 46.4 Å². The minimum Gasteiger partial charge on any atom is -0.379 e. The van der Waals surface area contributed by atoms with Gasteiger partial charge in [0.2, 0.25) is 20.0 Å². The number of rotatable bonds is 7. The van der Waals surface area contributed by atoms with Crippen molar-refractivity contribution in [2.45, 2.75) is 9.79 Å².